The number of carbonyl (C=O) groups excluding carboxylic acids is 1. The fraction of sp³-hybridized carbons (Fsp3) is 0.812. The number of hydrogen-bond acceptors (Lipinski definition) is 5. The lowest BCUT2D eigenvalue weighted by Crippen LogP contribution is -2.45. The lowest BCUT2D eigenvalue weighted by molar-refractivity contribution is -0.132. The van der Waals surface area contributed by atoms with Crippen molar-refractivity contribution < 1.29 is 13.2 Å². The Bertz CT molecular complexity index is 730. The van der Waals surface area contributed by atoms with Crippen LogP contribution in [0.1, 0.15) is 49.7 Å². The zero-order valence-corrected chi connectivity index (χ0v) is 15.8. The average Bonchev–Trinajstić information content (AvgIpc) is 2.82. The predicted octanol–water partition coefficient (Wildman–Crippen LogP) is 0.602. The molecule has 1 atom stereocenters. The van der Waals surface area contributed by atoms with Gasteiger partial charge in [-0.1, -0.05) is 6.42 Å². The number of likely N-dealkylation sites (tertiary alicyclic amines) is 1. The molecule has 0 radical (unpaired) electrons. The minimum atomic E-state index is -3.35. The Morgan fingerprint density at radius 2 is 2.00 bits per heavy atom. The number of aryl methyl sites for hydroxylation is 1. The van der Waals surface area contributed by atoms with Crippen LogP contribution in [0, 0.1) is 0 Å². The molecule has 1 saturated heterocycles. The number of fused-ring (bicyclic) bond motifs is 1. The number of rotatable bonds is 4. The molecule has 0 N–H and O–H groups in total. The molecule has 2 aliphatic rings. The summed E-state index contributed by atoms with van der Waals surface area (Å²) in [6.07, 6.45) is 7.50. The topological polar surface area (TPSA) is 88.4 Å². The first-order chi connectivity index (χ1) is 11.9. The highest BCUT2D eigenvalue weighted by Gasteiger charge is 2.30. The summed E-state index contributed by atoms with van der Waals surface area (Å²) >= 11 is 0. The van der Waals surface area contributed by atoms with E-state index in [-0.39, 0.29) is 18.4 Å². The molecule has 0 spiro atoms. The Labute approximate surface area is 149 Å². The maximum absolute atomic E-state index is 12.5. The Hall–Kier alpha value is -1.48. The number of nitrogens with zero attached hydrogens (tertiary/aromatic N) is 5. The van der Waals surface area contributed by atoms with Gasteiger partial charge in [-0.25, -0.2) is 8.42 Å². The molecule has 0 saturated carbocycles. The van der Waals surface area contributed by atoms with Crippen molar-refractivity contribution in [3.05, 3.63) is 11.6 Å². The number of sulfonamides is 1. The van der Waals surface area contributed by atoms with Gasteiger partial charge in [0.1, 0.15) is 11.6 Å². The predicted molar refractivity (Wildman–Crippen MR) is 93.6 cm³/mol. The van der Waals surface area contributed by atoms with Crippen LogP contribution in [0.15, 0.2) is 0 Å². The van der Waals surface area contributed by atoms with Crippen LogP contribution in [0.3, 0.4) is 0 Å². The normalized spacial score (nSPS) is 21.9. The SMILES string of the molecule is CN(CC(=O)N1CCCC(c2nnc3n2CCCCC3)C1)S(C)(=O)=O. The molecule has 1 fully saturated rings. The van der Waals surface area contributed by atoms with E-state index in [1.165, 1.54) is 13.5 Å². The number of carbonyl (C=O) groups is 1. The highest BCUT2D eigenvalue weighted by atomic mass is 32.2. The quantitative estimate of drug-likeness (QED) is 0.775. The molecule has 1 aromatic heterocycles. The molecule has 3 rings (SSSR count). The van der Waals surface area contributed by atoms with Gasteiger partial charge in [-0.05, 0) is 25.7 Å². The lowest BCUT2D eigenvalue weighted by atomic mass is 9.97. The Balaban J connectivity index is 1.69. The first-order valence-corrected chi connectivity index (χ1v) is 10.8. The van der Waals surface area contributed by atoms with Crippen LogP contribution in [0.2, 0.25) is 0 Å². The van der Waals surface area contributed by atoms with E-state index in [4.69, 9.17) is 0 Å². The summed E-state index contributed by atoms with van der Waals surface area (Å²) in [6, 6.07) is 0. The molecule has 9 heteroatoms. The zero-order chi connectivity index (χ0) is 18.0. The summed E-state index contributed by atoms with van der Waals surface area (Å²) in [7, 11) is -1.91. The Kier molecular flexibility index (Phi) is 5.43. The van der Waals surface area contributed by atoms with Gasteiger partial charge in [0, 0.05) is 39.0 Å². The molecule has 8 nitrogen and oxygen atoms in total. The van der Waals surface area contributed by atoms with E-state index < -0.39 is 10.0 Å². The highest BCUT2D eigenvalue weighted by molar-refractivity contribution is 7.88. The molecule has 3 heterocycles. The molecule has 25 heavy (non-hydrogen) atoms. The number of amides is 1. The van der Waals surface area contributed by atoms with E-state index >= 15 is 0 Å². The largest absolute Gasteiger partial charge is 0.341 e. The van der Waals surface area contributed by atoms with E-state index in [9.17, 15) is 13.2 Å². The molecule has 0 aromatic carbocycles. The summed E-state index contributed by atoms with van der Waals surface area (Å²) in [4.78, 5) is 14.3. The van der Waals surface area contributed by atoms with Crippen LogP contribution in [-0.2, 0) is 27.8 Å². The van der Waals surface area contributed by atoms with Crippen molar-refractivity contribution in [2.75, 3.05) is 32.9 Å². The van der Waals surface area contributed by atoms with E-state index in [2.05, 4.69) is 14.8 Å². The number of aromatic nitrogens is 3. The fourth-order valence-electron chi connectivity index (χ4n) is 3.63. The smallest absolute Gasteiger partial charge is 0.237 e. The summed E-state index contributed by atoms with van der Waals surface area (Å²) in [5.41, 5.74) is 0. The second-order valence-corrected chi connectivity index (χ2v) is 9.22. The third-order valence-electron chi connectivity index (χ3n) is 5.20. The van der Waals surface area contributed by atoms with Crippen LogP contribution in [-0.4, -0.2) is 71.2 Å². The molecule has 140 valence electrons. The first-order valence-electron chi connectivity index (χ1n) is 8.97. The van der Waals surface area contributed by atoms with Gasteiger partial charge in [-0.3, -0.25) is 4.79 Å². The molecular weight excluding hydrogens is 342 g/mol. The fourth-order valence-corrected chi connectivity index (χ4v) is 3.98. The average molecular weight is 369 g/mol. The summed E-state index contributed by atoms with van der Waals surface area (Å²) in [5.74, 6) is 2.09. The Morgan fingerprint density at radius 1 is 1.20 bits per heavy atom. The van der Waals surface area contributed by atoms with Gasteiger partial charge >= 0.3 is 0 Å². The van der Waals surface area contributed by atoms with Gasteiger partial charge in [0.05, 0.1) is 12.8 Å². The van der Waals surface area contributed by atoms with Gasteiger partial charge in [-0.2, -0.15) is 4.31 Å². The first kappa shape index (κ1) is 18.3. The van der Waals surface area contributed by atoms with Crippen LogP contribution < -0.4 is 0 Å². The third-order valence-corrected chi connectivity index (χ3v) is 6.46. The van der Waals surface area contributed by atoms with Crippen LogP contribution in [0.25, 0.3) is 0 Å². The van der Waals surface area contributed by atoms with Crippen LogP contribution in [0.5, 0.6) is 0 Å². The zero-order valence-electron chi connectivity index (χ0n) is 15.0. The van der Waals surface area contributed by atoms with Crippen molar-refractivity contribution in [3.63, 3.8) is 0 Å². The molecule has 1 unspecified atom stereocenters. The third kappa shape index (κ3) is 4.20. The minimum Gasteiger partial charge on any atom is -0.341 e. The van der Waals surface area contributed by atoms with Crippen molar-refractivity contribution in [3.8, 4) is 0 Å². The highest BCUT2D eigenvalue weighted by Crippen LogP contribution is 2.28. The minimum absolute atomic E-state index is 0.108. The van der Waals surface area contributed by atoms with Gasteiger partial charge in [0.15, 0.2) is 0 Å². The van der Waals surface area contributed by atoms with Gasteiger partial charge in [0.2, 0.25) is 15.9 Å². The molecular formula is C16H27N5O3S. The van der Waals surface area contributed by atoms with E-state index in [1.54, 1.807) is 4.90 Å². The van der Waals surface area contributed by atoms with Gasteiger partial charge in [0.25, 0.3) is 0 Å². The molecule has 0 bridgehead atoms. The maximum atomic E-state index is 12.5. The number of likely N-dealkylation sites (N-methyl/N-ethyl adjacent to an activating group) is 1. The summed E-state index contributed by atoms with van der Waals surface area (Å²) in [6.45, 7) is 2.12. The van der Waals surface area contributed by atoms with Crippen molar-refractivity contribution in [2.45, 2.75) is 51.0 Å². The van der Waals surface area contributed by atoms with Crippen molar-refractivity contribution in [1.29, 1.82) is 0 Å². The van der Waals surface area contributed by atoms with Crippen molar-refractivity contribution >= 4 is 15.9 Å². The number of hydrogen-bond donors (Lipinski definition) is 0. The maximum Gasteiger partial charge on any atom is 0.237 e. The van der Waals surface area contributed by atoms with Crippen LogP contribution >= 0.6 is 0 Å². The monoisotopic (exact) mass is 369 g/mol. The lowest BCUT2D eigenvalue weighted by Gasteiger charge is -2.33. The molecule has 0 aliphatic carbocycles. The van der Waals surface area contributed by atoms with Gasteiger partial charge < -0.3 is 9.47 Å². The van der Waals surface area contributed by atoms with Crippen molar-refractivity contribution in [2.24, 2.45) is 0 Å². The van der Waals surface area contributed by atoms with Crippen LogP contribution in [0.4, 0.5) is 0 Å². The second-order valence-electron chi connectivity index (χ2n) is 7.13. The number of piperidine rings is 1. The Morgan fingerprint density at radius 3 is 2.76 bits per heavy atom. The van der Waals surface area contributed by atoms with Gasteiger partial charge in [-0.15, -0.1) is 10.2 Å². The molecule has 1 amide bonds. The second kappa shape index (κ2) is 7.41. The van der Waals surface area contributed by atoms with E-state index in [0.717, 1.165) is 60.9 Å². The summed E-state index contributed by atoms with van der Waals surface area (Å²) in [5, 5.41) is 8.79. The standard InChI is InChI=1S/C16H27N5O3S/c1-19(25(2,23)24)12-15(22)20-9-6-7-13(11-20)16-18-17-14-8-4-3-5-10-21(14)16/h13H,3-12H2,1-2H3. The molecule has 2 aliphatic heterocycles. The van der Waals surface area contributed by atoms with E-state index in [0.29, 0.717) is 13.1 Å². The van der Waals surface area contributed by atoms with Crippen molar-refractivity contribution in [1.82, 2.24) is 24.0 Å². The van der Waals surface area contributed by atoms with E-state index in [1.807, 2.05) is 0 Å². The molecule has 1 aromatic rings. The summed E-state index contributed by atoms with van der Waals surface area (Å²) < 4.78 is 26.4.